The monoisotopic (exact) mass is 292 g/mol. The number of hydrogen-bond acceptors (Lipinski definition) is 3. The molecule has 6 heteroatoms. The maximum absolute atomic E-state index is 14.3. The third kappa shape index (κ3) is 2.76. The molecule has 0 radical (unpaired) electrons. The van der Waals surface area contributed by atoms with Gasteiger partial charge in [0.05, 0.1) is 6.54 Å². The van der Waals surface area contributed by atoms with Crippen LogP contribution in [0.25, 0.3) is 0 Å². The number of halogens is 2. The summed E-state index contributed by atoms with van der Waals surface area (Å²) >= 11 is 0. The van der Waals surface area contributed by atoms with Crippen LogP contribution in [0.1, 0.15) is 18.3 Å². The Morgan fingerprint density at radius 3 is 2.67 bits per heavy atom. The fourth-order valence-corrected chi connectivity index (χ4v) is 2.77. The first-order valence-corrected chi connectivity index (χ1v) is 7.03. The molecule has 0 aliphatic carbocycles. The molecule has 1 atom stereocenters. The minimum Gasteiger partial charge on any atom is -0.358 e. The van der Waals surface area contributed by atoms with Crippen LogP contribution in [0.2, 0.25) is 0 Å². The number of benzene rings is 1. The number of rotatable bonds is 3. The smallest absolute Gasteiger partial charge is 0.149 e. The molecular weight excluding hydrogens is 274 g/mol. The molecule has 0 fully saturated rings. The topological polar surface area (TPSA) is 47.1 Å². The molecule has 21 heavy (non-hydrogen) atoms. The Morgan fingerprint density at radius 1 is 1.29 bits per heavy atom. The van der Waals surface area contributed by atoms with Gasteiger partial charge in [0, 0.05) is 31.5 Å². The molecule has 1 aliphatic heterocycles. The van der Waals surface area contributed by atoms with Crippen molar-refractivity contribution >= 4 is 5.69 Å². The van der Waals surface area contributed by atoms with Crippen molar-refractivity contribution in [3.05, 3.63) is 47.5 Å². The highest BCUT2D eigenvalue weighted by atomic mass is 19.1. The Hall–Kier alpha value is -1.95. The number of nitrogens with two attached hydrogens (primary N) is 1. The van der Waals surface area contributed by atoms with Crippen molar-refractivity contribution in [3.8, 4) is 0 Å². The summed E-state index contributed by atoms with van der Waals surface area (Å²) < 4.78 is 30.6. The lowest BCUT2D eigenvalue weighted by molar-refractivity contribution is 0.520. The highest BCUT2D eigenvalue weighted by Gasteiger charge is 2.23. The first kappa shape index (κ1) is 14.0. The van der Waals surface area contributed by atoms with E-state index in [-0.39, 0.29) is 11.7 Å². The van der Waals surface area contributed by atoms with Crippen molar-refractivity contribution in [1.82, 2.24) is 9.55 Å². The maximum Gasteiger partial charge on any atom is 0.149 e. The van der Waals surface area contributed by atoms with Gasteiger partial charge in [0.1, 0.15) is 23.1 Å². The maximum atomic E-state index is 14.3. The molecule has 0 spiro atoms. The Labute approximate surface area is 122 Å². The molecule has 1 unspecified atom stereocenters. The molecule has 1 aromatic carbocycles. The van der Waals surface area contributed by atoms with E-state index in [9.17, 15) is 8.78 Å². The molecule has 0 saturated carbocycles. The SMILES string of the molecule is CC(N)Cc1cc(F)c(N2CCn3ccnc3C2)c(F)c1. The molecule has 112 valence electrons. The van der Waals surface area contributed by atoms with Gasteiger partial charge in [0.25, 0.3) is 0 Å². The quantitative estimate of drug-likeness (QED) is 0.942. The molecule has 0 bridgehead atoms. The molecule has 1 aliphatic rings. The highest BCUT2D eigenvalue weighted by molar-refractivity contribution is 5.51. The molecule has 2 heterocycles. The van der Waals surface area contributed by atoms with Crippen molar-refractivity contribution in [2.45, 2.75) is 32.5 Å². The van der Waals surface area contributed by atoms with Gasteiger partial charge in [-0.25, -0.2) is 13.8 Å². The lowest BCUT2D eigenvalue weighted by Gasteiger charge is -2.30. The van der Waals surface area contributed by atoms with Crippen LogP contribution in [0, 0.1) is 11.6 Å². The number of aromatic nitrogens is 2. The number of fused-ring (bicyclic) bond motifs is 1. The summed E-state index contributed by atoms with van der Waals surface area (Å²) in [7, 11) is 0. The second-order valence-electron chi connectivity index (χ2n) is 5.55. The van der Waals surface area contributed by atoms with Gasteiger partial charge in [0.2, 0.25) is 0 Å². The van der Waals surface area contributed by atoms with Crippen LogP contribution in [0.4, 0.5) is 14.5 Å². The second kappa shape index (κ2) is 5.44. The third-order valence-electron chi connectivity index (χ3n) is 3.70. The third-order valence-corrected chi connectivity index (χ3v) is 3.70. The first-order chi connectivity index (χ1) is 10.0. The Kier molecular flexibility index (Phi) is 3.63. The minimum absolute atomic E-state index is 0.0256. The van der Waals surface area contributed by atoms with E-state index in [2.05, 4.69) is 4.98 Å². The molecule has 0 amide bonds. The molecule has 4 nitrogen and oxygen atoms in total. The predicted molar refractivity (Wildman–Crippen MR) is 77.0 cm³/mol. The lowest BCUT2D eigenvalue weighted by atomic mass is 10.1. The molecule has 0 saturated heterocycles. The van der Waals surface area contributed by atoms with Gasteiger partial charge in [-0.05, 0) is 31.0 Å². The van der Waals surface area contributed by atoms with Gasteiger partial charge in [-0.1, -0.05) is 0 Å². The van der Waals surface area contributed by atoms with Crippen LogP contribution in [0.5, 0.6) is 0 Å². The van der Waals surface area contributed by atoms with Crippen molar-refractivity contribution < 1.29 is 8.78 Å². The van der Waals surface area contributed by atoms with Crippen molar-refractivity contribution in [2.75, 3.05) is 11.4 Å². The summed E-state index contributed by atoms with van der Waals surface area (Å²) in [6, 6.07) is 2.63. The number of imidazole rings is 1. The second-order valence-corrected chi connectivity index (χ2v) is 5.55. The van der Waals surface area contributed by atoms with E-state index in [0.29, 0.717) is 31.6 Å². The standard InChI is InChI=1S/C15H18F2N4/c1-10(18)6-11-7-12(16)15(13(17)8-11)21-5-4-20-3-2-19-14(20)9-21/h2-3,7-8,10H,4-6,9,18H2,1H3. The van der Waals surface area contributed by atoms with Crippen LogP contribution in [-0.2, 0) is 19.5 Å². The fourth-order valence-electron chi connectivity index (χ4n) is 2.77. The normalized spacial score (nSPS) is 15.9. The van der Waals surface area contributed by atoms with Crippen molar-refractivity contribution in [1.29, 1.82) is 0 Å². The molecule has 2 N–H and O–H groups in total. The summed E-state index contributed by atoms with van der Waals surface area (Å²) in [6.07, 6.45) is 4.04. The Morgan fingerprint density at radius 2 is 2.00 bits per heavy atom. The van der Waals surface area contributed by atoms with Gasteiger partial charge < -0.3 is 15.2 Å². The average Bonchev–Trinajstić information content (AvgIpc) is 2.84. The zero-order valence-corrected chi connectivity index (χ0v) is 11.9. The van der Waals surface area contributed by atoms with Crippen LogP contribution < -0.4 is 10.6 Å². The van der Waals surface area contributed by atoms with E-state index >= 15 is 0 Å². The number of hydrogen-bond donors (Lipinski definition) is 1. The summed E-state index contributed by atoms with van der Waals surface area (Å²) in [5.74, 6) is -0.254. The van der Waals surface area contributed by atoms with Gasteiger partial charge in [-0.15, -0.1) is 0 Å². The first-order valence-electron chi connectivity index (χ1n) is 7.03. The summed E-state index contributed by atoms with van der Waals surface area (Å²) in [5.41, 5.74) is 6.29. The van der Waals surface area contributed by atoms with Gasteiger partial charge in [-0.2, -0.15) is 0 Å². The van der Waals surface area contributed by atoms with E-state index in [0.717, 1.165) is 5.82 Å². The predicted octanol–water partition coefficient (Wildman–Crippen LogP) is 2.07. The number of nitrogens with zero attached hydrogens (tertiary/aromatic N) is 3. The molecular formula is C15H18F2N4. The molecule has 1 aromatic heterocycles. The molecule has 3 rings (SSSR count). The molecule has 2 aromatic rings. The van der Waals surface area contributed by atoms with Gasteiger partial charge in [-0.3, -0.25) is 0 Å². The highest BCUT2D eigenvalue weighted by Crippen LogP contribution is 2.28. The summed E-state index contributed by atoms with van der Waals surface area (Å²) in [6.45, 7) is 3.46. The summed E-state index contributed by atoms with van der Waals surface area (Å²) in [4.78, 5) is 5.91. The van der Waals surface area contributed by atoms with E-state index in [1.807, 2.05) is 17.7 Å². The van der Waals surface area contributed by atoms with Crippen molar-refractivity contribution in [2.24, 2.45) is 5.73 Å². The van der Waals surface area contributed by atoms with Crippen LogP contribution in [0.3, 0.4) is 0 Å². The lowest BCUT2D eigenvalue weighted by Crippen LogP contribution is -2.34. The van der Waals surface area contributed by atoms with Gasteiger partial charge >= 0.3 is 0 Å². The van der Waals surface area contributed by atoms with Crippen molar-refractivity contribution in [3.63, 3.8) is 0 Å². The Balaban J connectivity index is 1.89. The largest absolute Gasteiger partial charge is 0.358 e. The number of anilines is 1. The van der Waals surface area contributed by atoms with Crippen LogP contribution >= 0.6 is 0 Å². The van der Waals surface area contributed by atoms with E-state index in [1.165, 1.54) is 12.1 Å². The fraction of sp³-hybridized carbons (Fsp3) is 0.400. The van der Waals surface area contributed by atoms with E-state index in [1.54, 1.807) is 11.1 Å². The Bertz CT molecular complexity index is 628. The minimum atomic E-state index is -0.536. The van der Waals surface area contributed by atoms with Crippen LogP contribution in [0.15, 0.2) is 24.5 Å². The average molecular weight is 292 g/mol. The van der Waals surface area contributed by atoms with Gasteiger partial charge in [0.15, 0.2) is 0 Å². The zero-order valence-electron chi connectivity index (χ0n) is 11.9. The van der Waals surface area contributed by atoms with E-state index < -0.39 is 11.6 Å². The zero-order chi connectivity index (χ0) is 15.0. The van der Waals surface area contributed by atoms with E-state index in [4.69, 9.17) is 5.73 Å². The van der Waals surface area contributed by atoms with Crippen LogP contribution in [-0.4, -0.2) is 22.1 Å². The summed E-state index contributed by atoms with van der Waals surface area (Å²) in [5, 5.41) is 0.